The Bertz CT molecular complexity index is 379. The summed E-state index contributed by atoms with van der Waals surface area (Å²) in [5.74, 6) is 0. The highest BCUT2D eigenvalue weighted by Crippen LogP contribution is 2.22. The summed E-state index contributed by atoms with van der Waals surface area (Å²) in [5.41, 5.74) is 0. The normalized spacial score (nSPS) is 23.6. The third kappa shape index (κ3) is 1.82. The number of piperidine rings is 1. The number of aromatic nitrogens is 1. The summed E-state index contributed by atoms with van der Waals surface area (Å²) >= 11 is 1.20. The van der Waals surface area contributed by atoms with Crippen molar-refractivity contribution >= 4 is 21.2 Å². The number of hydrogen-bond acceptors (Lipinski definition) is 5. The lowest BCUT2D eigenvalue weighted by atomic mass is 10.2. The highest BCUT2D eigenvalue weighted by molar-refractivity contribution is 7.93. The molecule has 0 amide bonds. The van der Waals surface area contributed by atoms with E-state index in [9.17, 15) is 8.42 Å². The van der Waals surface area contributed by atoms with Crippen LogP contribution < -0.4 is 5.32 Å². The van der Waals surface area contributed by atoms with Crippen LogP contribution in [0.25, 0.3) is 0 Å². The Balaban J connectivity index is 2.23. The second kappa shape index (κ2) is 3.96. The predicted octanol–water partition coefficient (Wildman–Crippen LogP) is 0.669. The van der Waals surface area contributed by atoms with Gasteiger partial charge in [0.05, 0.1) is 5.25 Å². The SMILES string of the molecule is O=S(=O)(c1nccs1)[C@H]1CCCNC1. The molecule has 1 saturated heterocycles. The summed E-state index contributed by atoms with van der Waals surface area (Å²) < 4.78 is 24.2. The molecule has 2 heterocycles. The van der Waals surface area contributed by atoms with Gasteiger partial charge in [-0.15, -0.1) is 11.3 Å². The van der Waals surface area contributed by atoms with Gasteiger partial charge < -0.3 is 5.32 Å². The minimum absolute atomic E-state index is 0.256. The topological polar surface area (TPSA) is 59.1 Å². The fraction of sp³-hybridized carbons (Fsp3) is 0.625. The number of rotatable bonds is 2. The van der Waals surface area contributed by atoms with Gasteiger partial charge in [-0.05, 0) is 19.4 Å². The Morgan fingerprint density at radius 3 is 3.00 bits per heavy atom. The largest absolute Gasteiger partial charge is 0.315 e. The van der Waals surface area contributed by atoms with E-state index >= 15 is 0 Å². The quantitative estimate of drug-likeness (QED) is 0.814. The molecule has 1 aliphatic rings. The first-order valence-corrected chi connectivity index (χ1v) is 6.98. The maximum absolute atomic E-state index is 12.0. The number of sulfone groups is 1. The van der Waals surface area contributed by atoms with Crippen molar-refractivity contribution in [2.24, 2.45) is 0 Å². The molecule has 0 bridgehead atoms. The van der Waals surface area contributed by atoms with E-state index in [-0.39, 0.29) is 9.59 Å². The zero-order valence-corrected chi connectivity index (χ0v) is 9.27. The molecule has 1 aromatic heterocycles. The van der Waals surface area contributed by atoms with E-state index in [2.05, 4.69) is 10.3 Å². The highest BCUT2D eigenvalue weighted by Gasteiger charge is 2.30. The third-order valence-corrected chi connectivity index (χ3v) is 5.77. The van der Waals surface area contributed by atoms with E-state index in [1.165, 1.54) is 17.5 Å². The number of hydrogen-bond donors (Lipinski definition) is 1. The second-order valence-corrected chi connectivity index (χ2v) is 6.61. The molecule has 14 heavy (non-hydrogen) atoms. The fourth-order valence-corrected chi connectivity index (χ4v) is 4.36. The Morgan fingerprint density at radius 1 is 1.57 bits per heavy atom. The smallest absolute Gasteiger partial charge is 0.209 e. The van der Waals surface area contributed by atoms with Crippen LogP contribution in [0, 0.1) is 0 Å². The van der Waals surface area contributed by atoms with Gasteiger partial charge in [-0.1, -0.05) is 0 Å². The van der Waals surface area contributed by atoms with Crippen molar-refractivity contribution in [2.45, 2.75) is 22.4 Å². The van der Waals surface area contributed by atoms with Gasteiger partial charge in [-0.25, -0.2) is 13.4 Å². The molecule has 0 spiro atoms. The molecule has 1 atom stereocenters. The maximum atomic E-state index is 12.0. The van der Waals surface area contributed by atoms with E-state index in [1.807, 2.05) is 0 Å². The molecular weight excluding hydrogens is 220 g/mol. The summed E-state index contributed by atoms with van der Waals surface area (Å²) in [6.07, 6.45) is 3.21. The zero-order chi connectivity index (χ0) is 10.0. The van der Waals surface area contributed by atoms with Gasteiger partial charge in [0.2, 0.25) is 14.2 Å². The van der Waals surface area contributed by atoms with E-state index in [4.69, 9.17) is 0 Å². The Morgan fingerprint density at radius 2 is 2.43 bits per heavy atom. The Labute approximate surface area is 87.3 Å². The Hall–Kier alpha value is -0.460. The van der Waals surface area contributed by atoms with Gasteiger partial charge in [-0.2, -0.15) is 0 Å². The van der Waals surface area contributed by atoms with Gasteiger partial charge in [0.1, 0.15) is 0 Å². The van der Waals surface area contributed by atoms with Crippen LogP contribution in [0.4, 0.5) is 0 Å². The minimum atomic E-state index is -3.17. The molecule has 0 unspecified atom stereocenters. The summed E-state index contributed by atoms with van der Waals surface area (Å²) in [7, 11) is -3.17. The van der Waals surface area contributed by atoms with Crippen molar-refractivity contribution < 1.29 is 8.42 Å². The molecule has 0 aliphatic carbocycles. The van der Waals surface area contributed by atoms with E-state index in [0.717, 1.165) is 19.4 Å². The van der Waals surface area contributed by atoms with Crippen molar-refractivity contribution in [3.63, 3.8) is 0 Å². The van der Waals surface area contributed by atoms with Crippen LogP contribution in [-0.2, 0) is 9.84 Å². The standard InChI is InChI=1S/C8H12N2O2S2/c11-14(12,8-10-4-5-13-8)7-2-1-3-9-6-7/h4-5,7,9H,1-3,6H2/t7-/m0/s1. The first-order valence-electron chi connectivity index (χ1n) is 4.55. The fourth-order valence-electron chi connectivity index (χ4n) is 1.58. The highest BCUT2D eigenvalue weighted by atomic mass is 32.2. The van der Waals surface area contributed by atoms with Crippen molar-refractivity contribution in [3.05, 3.63) is 11.6 Å². The van der Waals surface area contributed by atoms with Crippen molar-refractivity contribution in [1.82, 2.24) is 10.3 Å². The van der Waals surface area contributed by atoms with E-state index < -0.39 is 9.84 Å². The Kier molecular flexibility index (Phi) is 2.85. The molecule has 78 valence electrons. The monoisotopic (exact) mass is 232 g/mol. The molecule has 1 aliphatic heterocycles. The minimum Gasteiger partial charge on any atom is -0.315 e. The first kappa shape index (κ1) is 10.1. The lowest BCUT2D eigenvalue weighted by Crippen LogP contribution is -2.38. The van der Waals surface area contributed by atoms with Gasteiger partial charge in [0.15, 0.2) is 0 Å². The number of nitrogens with one attached hydrogen (secondary N) is 1. The van der Waals surface area contributed by atoms with Crippen LogP contribution in [0.1, 0.15) is 12.8 Å². The lowest BCUT2D eigenvalue weighted by molar-refractivity contribution is 0.496. The lowest BCUT2D eigenvalue weighted by Gasteiger charge is -2.21. The maximum Gasteiger partial charge on any atom is 0.209 e. The predicted molar refractivity (Wildman–Crippen MR) is 55.2 cm³/mol. The van der Waals surface area contributed by atoms with Gasteiger partial charge >= 0.3 is 0 Å². The van der Waals surface area contributed by atoms with Crippen LogP contribution in [0.5, 0.6) is 0 Å². The van der Waals surface area contributed by atoms with E-state index in [1.54, 1.807) is 5.38 Å². The van der Waals surface area contributed by atoms with Crippen LogP contribution in [0.2, 0.25) is 0 Å². The average molecular weight is 232 g/mol. The average Bonchev–Trinajstić information content (AvgIpc) is 2.72. The van der Waals surface area contributed by atoms with Gasteiger partial charge in [-0.3, -0.25) is 0 Å². The second-order valence-electron chi connectivity index (χ2n) is 3.31. The molecule has 1 fully saturated rings. The summed E-state index contributed by atoms with van der Waals surface area (Å²) in [5, 5.41) is 4.51. The van der Waals surface area contributed by atoms with E-state index in [0.29, 0.717) is 6.54 Å². The van der Waals surface area contributed by atoms with Crippen LogP contribution >= 0.6 is 11.3 Å². The molecular formula is C8H12N2O2S2. The van der Waals surface area contributed by atoms with Crippen molar-refractivity contribution in [2.75, 3.05) is 13.1 Å². The zero-order valence-electron chi connectivity index (χ0n) is 7.64. The van der Waals surface area contributed by atoms with Crippen molar-refractivity contribution in [3.8, 4) is 0 Å². The molecule has 1 N–H and O–H groups in total. The summed E-state index contributed by atoms with van der Waals surface area (Å²) in [6, 6.07) is 0. The van der Waals surface area contributed by atoms with Gasteiger partial charge in [0, 0.05) is 18.1 Å². The third-order valence-electron chi connectivity index (χ3n) is 2.34. The first-order chi connectivity index (χ1) is 6.71. The van der Waals surface area contributed by atoms with Crippen LogP contribution in [0.3, 0.4) is 0 Å². The van der Waals surface area contributed by atoms with Crippen LogP contribution in [-0.4, -0.2) is 31.7 Å². The molecule has 0 saturated carbocycles. The molecule has 1 aromatic rings. The number of thiazole rings is 1. The van der Waals surface area contributed by atoms with Gasteiger partial charge in [0.25, 0.3) is 0 Å². The van der Waals surface area contributed by atoms with Crippen molar-refractivity contribution in [1.29, 1.82) is 0 Å². The summed E-state index contributed by atoms with van der Waals surface area (Å²) in [6.45, 7) is 1.48. The summed E-state index contributed by atoms with van der Waals surface area (Å²) in [4.78, 5) is 3.87. The molecule has 2 rings (SSSR count). The van der Waals surface area contributed by atoms with Crippen LogP contribution in [0.15, 0.2) is 15.9 Å². The molecule has 0 radical (unpaired) electrons. The molecule has 6 heteroatoms. The molecule has 0 aromatic carbocycles. The number of nitrogens with zero attached hydrogens (tertiary/aromatic N) is 1. The molecule has 4 nitrogen and oxygen atoms in total.